The van der Waals surface area contributed by atoms with Crippen molar-refractivity contribution in [3.63, 3.8) is 0 Å². The Morgan fingerprint density at radius 3 is 2.60 bits per heavy atom. The van der Waals surface area contributed by atoms with Crippen molar-refractivity contribution in [2.75, 3.05) is 13.2 Å². The standard InChI is InChI=1S/C18H22F3NO3/c19-18(20,21)13-3-1-2-4-14(13)22-17(23)8-6-12-5-7-15-16(11-12)25-10-9-24-15/h5,7,11,13-14H,1-4,6,8-10H2,(H,22,23). The summed E-state index contributed by atoms with van der Waals surface area (Å²) in [6.45, 7) is 0.994. The molecular weight excluding hydrogens is 335 g/mol. The Labute approximate surface area is 144 Å². The first-order valence-corrected chi connectivity index (χ1v) is 8.68. The second-order valence-electron chi connectivity index (χ2n) is 6.58. The number of halogens is 3. The molecule has 0 spiro atoms. The average Bonchev–Trinajstić information content (AvgIpc) is 2.59. The van der Waals surface area contributed by atoms with Crippen LogP contribution < -0.4 is 14.8 Å². The summed E-state index contributed by atoms with van der Waals surface area (Å²) in [5.41, 5.74) is 0.899. The molecule has 1 aromatic carbocycles. The van der Waals surface area contributed by atoms with Crippen molar-refractivity contribution in [2.24, 2.45) is 5.92 Å². The molecule has 0 saturated heterocycles. The third kappa shape index (κ3) is 4.58. The molecule has 1 N–H and O–H groups in total. The number of alkyl halides is 3. The number of benzene rings is 1. The molecule has 25 heavy (non-hydrogen) atoms. The molecule has 2 unspecified atom stereocenters. The second-order valence-corrected chi connectivity index (χ2v) is 6.58. The van der Waals surface area contributed by atoms with Gasteiger partial charge in [0.15, 0.2) is 11.5 Å². The van der Waals surface area contributed by atoms with E-state index in [1.807, 2.05) is 12.1 Å². The molecule has 1 aliphatic carbocycles. The lowest BCUT2D eigenvalue weighted by Gasteiger charge is -2.33. The van der Waals surface area contributed by atoms with E-state index in [0.29, 0.717) is 44.0 Å². The number of carbonyl (C=O) groups excluding carboxylic acids is 1. The SMILES string of the molecule is O=C(CCc1ccc2c(c1)OCCO2)NC1CCCCC1C(F)(F)F. The normalized spacial score (nSPS) is 23.2. The number of amides is 1. The van der Waals surface area contributed by atoms with Gasteiger partial charge in [0.1, 0.15) is 13.2 Å². The zero-order valence-electron chi connectivity index (χ0n) is 13.9. The van der Waals surface area contributed by atoms with E-state index in [-0.39, 0.29) is 18.7 Å². The van der Waals surface area contributed by atoms with E-state index in [9.17, 15) is 18.0 Å². The van der Waals surface area contributed by atoms with Gasteiger partial charge in [-0.1, -0.05) is 18.9 Å². The smallest absolute Gasteiger partial charge is 0.393 e. The van der Waals surface area contributed by atoms with Crippen LogP contribution in [0.4, 0.5) is 13.2 Å². The molecule has 7 heteroatoms. The summed E-state index contributed by atoms with van der Waals surface area (Å²) in [6, 6.07) is 4.66. The van der Waals surface area contributed by atoms with Crippen molar-refractivity contribution < 1.29 is 27.4 Å². The van der Waals surface area contributed by atoms with E-state index in [2.05, 4.69) is 5.32 Å². The molecule has 1 saturated carbocycles. The van der Waals surface area contributed by atoms with Crippen molar-refractivity contribution in [3.8, 4) is 11.5 Å². The van der Waals surface area contributed by atoms with E-state index in [1.54, 1.807) is 6.07 Å². The summed E-state index contributed by atoms with van der Waals surface area (Å²) in [5.74, 6) is -0.446. The summed E-state index contributed by atoms with van der Waals surface area (Å²) < 4.78 is 50.2. The number of hydrogen-bond donors (Lipinski definition) is 1. The van der Waals surface area contributed by atoms with Gasteiger partial charge < -0.3 is 14.8 Å². The Morgan fingerprint density at radius 1 is 1.12 bits per heavy atom. The lowest BCUT2D eigenvalue weighted by atomic mass is 9.84. The molecule has 2 atom stereocenters. The predicted octanol–water partition coefficient (Wildman–Crippen LogP) is 3.63. The Hall–Kier alpha value is -1.92. The fraction of sp³-hybridized carbons (Fsp3) is 0.611. The number of carbonyl (C=O) groups is 1. The number of ether oxygens (including phenoxy) is 2. The van der Waals surface area contributed by atoms with Crippen LogP contribution in [0.5, 0.6) is 11.5 Å². The molecule has 1 aromatic rings. The molecular formula is C18H22F3NO3. The first kappa shape index (κ1) is 17.9. The summed E-state index contributed by atoms with van der Waals surface area (Å²) >= 11 is 0. The molecule has 2 aliphatic rings. The fourth-order valence-electron chi connectivity index (χ4n) is 3.48. The summed E-state index contributed by atoms with van der Waals surface area (Å²) in [7, 11) is 0. The molecule has 1 heterocycles. The fourth-order valence-corrected chi connectivity index (χ4v) is 3.48. The lowest BCUT2D eigenvalue weighted by Crippen LogP contribution is -2.47. The second kappa shape index (κ2) is 7.54. The Kier molecular flexibility index (Phi) is 5.39. The molecule has 1 fully saturated rings. The van der Waals surface area contributed by atoms with Crippen LogP contribution in [0.2, 0.25) is 0 Å². The van der Waals surface area contributed by atoms with Crippen molar-refractivity contribution >= 4 is 5.91 Å². The van der Waals surface area contributed by atoms with Gasteiger partial charge in [0, 0.05) is 12.5 Å². The highest BCUT2D eigenvalue weighted by Crippen LogP contribution is 2.37. The zero-order chi connectivity index (χ0) is 17.9. The molecule has 0 bridgehead atoms. The van der Waals surface area contributed by atoms with Crippen LogP contribution in [0.25, 0.3) is 0 Å². The van der Waals surface area contributed by atoms with Gasteiger partial charge in [-0.15, -0.1) is 0 Å². The van der Waals surface area contributed by atoms with Gasteiger partial charge in [0.05, 0.1) is 5.92 Å². The van der Waals surface area contributed by atoms with Crippen molar-refractivity contribution in [3.05, 3.63) is 23.8 Å². The molecule has 0 radical (unpaired) electrons. The molecule has 1 aliphatic heterocycles. The van der Waals surface area contributed by atoms with E-state index in [4.69, 9.17) is 9.47 Å². The Bertz CT molecular complexity index is 618. The van der Waals surface area contributed by atoms with Gasteiger partial charge in [-0.3, -0.25) is 4.79 Å². The van der Waals surface area contributed by atoms with Crippen LogP contribution >= 0.6 is 0 Å². The largest absolute Gasteiger partial charge is 0.486 e. The highest BCUT2D eigenvalue weighted by atomic mass is 19.4. The minimum Gasteiger partial charge on any atom is -0.486 e. The van der Waals surface area contributed by atoms with Gasteiger partial charge >= 0.3 is 6.18 Å². The van der Waals surface area contributed by atoms with Crippen molar-refractivity contribution in [1.82, 2.24) is 5.32 Å². The van der Waals surface area contributed by atoms with Crippen LogP contribution in [0.1, 0.15) is 37.7 Å². The summed E-state index contributed by atoms with van der Waals surface area (Å²) in [6.07, 6.45) is -1.88. The highest BCUT2D eigenvalue weighted by Gasteiger charge is 2.45. The molecule has 1 amide bonds. The molecule has 0 aromatic heterocycles. The minimum absolute atomic E-state index is 0.0939. The monoisotopic (exact) mass is 357 g/mol. The van der Waals surface area contributed by atoms with E-state index < -0.39 is 18.1 Å². The predicted molar refractivity (Wildman–Crippen MR) is 85.7 cm³/mol. The van der Waals surface area contributed by atoms with Crippen molar-refractivity contribution in [2.45, 2.75) is 50.7 Å². The van der Waals surface area contributed by atoms with Crippen LogP contribution in [-0.4, -0.2) is 31.3 Å². The minimum atomic E-state index is -4.26. The van der Waals surface area contributed by atoms with Crippen LogP contribution in [0.15, 0.2) is 18.2 Å². The third-order valence-electron chi connectivity index (χ3n) is 4.78. The van der Waals surface area contributed by atoms with Gasteiger partial charge in [0.2, 0.25) is 5.91 Å². The molecule has 3 rings (SSSR count). The maximum Gasteiger partial charge on any atom is 0.393 e. The Morgan fingerprint density at radius 2 is 1.84 bits per heavy atom. The maximum absolute atomic E-state index is 13.1. The van der Waals surface area contributed by atoms with Crippen LogP contribution in [-0.2, 0) is 11.2 Å². The van der Waals surface area contributed by atoms with Crippen molar-refractivity contribution in [1.29, 1.82) is 0 Å². The van der Waals surface area contributed by atoms with E-state index in [1.165, 1.54) is 0 Å². The first-order valence-electron chi connectivity index (χ1n) is 8.68. The third-order valence-corrected chi connectivity index (χ3v) is 4.78. The number of nitrogens with one attached hydrogen (secondary N) is 1. The molecule has 4 nitrogen and oxygen atoms in total. The lowest BCUT2D eigenvalue weighted by molar-refractivity contribution is -0.189. The summed E-state index contributed by atoms with van der Waals surface area (Å²) in [5, 5.41) is 2.59. The van der Waals surface area contributed by atoms with Gasteiger partial charge in [0.25, 0.3) is 0 Å². The van der Waals surface area contributed by atoms with Gasteiger partial charge in [-0.05, 0) is 37.0 Å². The van der Waals surface area contributed by atoms with Gasteiger partial charge in [-0.2, -0.15) is 13.2 Å². The zero-order valence-corrected chi connectivity index (χ0v) is 13.9. The highest BCUT2D eigenvalue weighted by molar-refractivity contribution is 5.76. The number of rotatable bonds is 4. The average molecular weight is 357 g/mol. The van der Waals surface area contributed by atoms with Crippen LogP contribution in [0.3, 0.4) is 0 Å². The Balaban J connectivity index is 1.54. The number of aryl methyl sites for hydroxylation is 1. The van der Waals surface area contributed by atoms with E-state index >= 15 is 0 Å². The molecule has 138 valence electrons. The summed E-state index contributed by atoms with van der Waals surface area (Å²) in [4.78, 5) is 12.1. The quantitative estimate of drug-likeness (QED) is 0.895. The topological polar surface area (TPSA) is 47.6 Å². The first-order chi connectivity index (χ1) is 11.9. The maximum atomic E-state index is 13.1. The van der Waals surface area contributed by atoms with Gasteiger partial charge in [-0.25, -0.2) is 0 Å². The van der Waals surface area contributed by atoms with E-state index in [0.717, 1.165) is 12.0 Å². The van der Waals surface area contributed by atoms with Crippen LogP contribution in [0, 0.1) is 5.92 Å². The number of hydrogen-bond acceptors (Lipinski definition) is 3. The number of fused-ring (bicyclic) bond motifs is 1.